The number of nitrogen functional groups attached to an aromatic ring is 1. The average molecular weight is 232 g/mol. The first-order valence-corrected chi connectivity index (χ1v) is 6.84. The van der Waals surface area contributed by atoms with Gasteiger partial charge in [0.2, 0.25) is 0 Å². The van der Waals surface area contributed by atoms with Crippen molar-refractivity contribution >= 4 is 5.69 Å². The molecule has 2 rings (SSSR count). The van der Waals surface area contributed by atoms with E-state index in [1.54, 1.807) is 0 Å². The van der Waals surface area contributed by atoms with E-state index in [9.17, 15) is 0 Å². The fourth-order valence-electron chi connectivity index (χ4n) is 2.81. The number of hydrogen-bond acceptors (Lipinski definition) is 2. The van der Waals surface area contributed by atoms with Gasteiger partial charge in [0.1, 0.15) is 0 Å². The Bertz CT molecular complexity index is 343. The summed E-state index contributed by atoms with van der Waals surface area (Å²) in [4.78, 5) is 2.55. The number of hydrogen-bond donors (Lipinski definition) is 1. The lowest BCUT2D eigenvalue weighted by atomic mass is 10.1. The SMILES string of the molecule is CCN(Cc1cccc(N)c1)CC1CCCC1. The molecule has 2 nitrogen and oxygen atoms in total. The predicted molar refractivity (Wildman–Crippen MR) is 73.8 cm³/mol. The zero-order valence-electron chi connectivity index (χ0n) is 10.9. The topological polar surface area (TPSA) is 29.3 Å². The highest BCUT2D eigenvalue weighted by atomic mass is 15.1. The molecule has 94 valence electrons. The molecule has 1 aromatic carbocycles. The Labute approximate surface area is 105 Å². The van der Waals surface area contributed by atoms with Gasteiger partial charge in [0, 0.05) is 18.8 Å². The van der Waals surface area contributed by atoms with Crippen LogP contribution < -0.4 is 5.73 Å². The maximum Gasteiger partial charge on any atom is 0.0317 e. The van der Waals surface area contributed by atoms with Crippen molar-refractivity contribution in [2.24, 2.45) is 5.92 Å². The Hall–Kier alpha value is -1.02. The molecule has 0 bridgehead atoms. The molecule has 0 atom stereocenters. The molecule has 0 heterocycles. The van der Waals surface area contributed by atoms with Gasteiger partial charge in [-0.1, -0.05) is 31.9 Å². The van der Waals surface area contributed by atoms with Crippen molar-refractivity contribution in [2.75, 3.05) is 18.8 Å². The van der Waals surface area contributed by atoms with Crippen LogP contribution in [0.2, 0.25) is 0 Å². The summed E-state index contributed by atoms with van der Waals surface area (Å²) in [6, 6.07) is 8.27. The monoisotopic (exact) mass is 232 g/mol. The first-order chi connectivity index (χ1) is 8.28. The van der Waals surface area contributed by atoms with E-state index < -0.39 is 0 Å². The van der Waals surface area contributed by atoms with Crippen LogP contribution in [0.1, 0.15) is 38.2 Å². The molecule has 1 fully saturated rings. The zero-order valence-corrected chi connectivity index (χ0v) is 10.9. The molecule has 1 saturated carbocycles. The van der Waals surface area contributed by atoms with Gasteiger partial charge in [-0.3, -0.25) is 4.90 Å². The third kappa shape index (κ3) is 3.74. The maximum atomic E-state index is 5.82. The third-order valence-corrected chi connectivity index (χ3v) is 3.80. The predicted octanol–water partition coefficient (Wildman–Crippen LogP) is 3.28. The van der Waals surface area contributed by atoms with Crippen molar-refractivity contribution in [3.05, 3.63) is 29.8 Å². The van der Waals surface area contributed by atoms with Crippen molar-refractivity contribution in [2.45, 2.75) is 39.2 Å². The highest BCUT2D eigenvalue weighted by Gasteiger charge is 2.17. The van der Waals surface area contributed by atoms with E-state index in [0.717, 1.165) is 24.7 Å². The second-order valence-corrected chi connectivity index (χ2v) is 5.22. The second kappa shape index (κ2) is 6.06. The van der Waals surface area contributed by atoms with Crippen molar-refractivity contribution in [1.29, 1.82) is 0 Å². The van der Waals surface area contributed by atoms with Crippen LogP contribution in [0.3, 0.4) is 0 Å². The lowest BCUT2D eigenvalue weighted by Crippen LogP contribution is -2.28. The van der Waals surface area contributed by atoms with E-state index in [2.05, 4.69) is 24.0 Å². The minimum Gasteiger partial charge on any atom is -0.399 e. The fraction of sp³-hybridized carbons (Fsp3) is 0.600. The summed E-state index contributed by atoms with van der Waals surface area (Å²) in [6.45, 7) is 5.68. The number of rotatable bonds is 5. The molecule has 0 aromatic heterocycles. The molecule has 1 aliphatic carbocycles. The quantitative estimate of drug-likeness (QED) is 0.789. The van der Waals surface area contributed by atoms with Gasteiger partial charge in [-0.05, 0) is 43.0 Å². The van der Waals surface area contributed by atoms with Gasteiger partial charge < -0.3 is 5.73 Å². The van der Waals surface area contributed by atoms with Gasteiger partial charge >= 0.3 is 0 Å². The van der Waals surface area contributed by atoms with E-state index in [0.29, 0.717) is 0 Å². The minimum atomic E-state index is 0.874. The lowest BCUT2D eigenvalue weighted by Gasteiger charge is -2.24. The first kappa shape index (κ1) is 12.4. The van der Waals surface area contributed by atoms with Crippen molar-refractivity contribution in [3.8, 4) is 0 Å². The van der Waals surface area contributed by atoms with E-state index in [1.165, 1.54) is 37.8 Å². The second-order valence-electron chi connectivity index (χ2n) is 5.22. The number of nitrogens with zero attached hydrogens (tertiary/aromatic N) is 1. The number of nitrogens with two attached hydrogens (primary N) is 1. The van der Waals surface area contributed by atoms with Crippen molar-refractivity contribution in [1.82, 2.24) is 4.90 Å². The Morgan fingerprint density at radius 1 is 1.29 bits per heavy atom. The number of benzene rings is 1. The van der Waals surface area contributed by atoms with Crippen LogP contribution in [0.25, 0.3) is 0 Å². The normalized spacial score (nSPS) is 16.8. The average Bonchev–Trinajstić information content (AvgIpc) is 2.81. The molecule has 0 unspecified atom stereocenters. The summed E-state index contributed by atoms with van der Waals surface area (Å²) in [5.74, 6) is 0.927. The largest absolute Gasteiger partial charge is 0.399 e. The smallest absolute Gasteiger partial charge is 0.0317 e. The summed E-state index contributed by atoms with van der Waals surface area (Å²) in [5.41, 5.74) is 8.03. The van der Waals surface area contributed by atoms with Crippen molar-refractivity contribution in [3.63, 3.8) is 0 Å². The summed E-state index contributed by atoms with van der Waals surface area (Å²) in [6.07, 6.45) is 5.71. The Balaban J connectivity index is 1.90. The minimum absolute atomic E-state index is 0.874. The molecule has 1 aliphatic rings. The molecule has 1 aromatic rings. The van der Waals surface area contributed by atoms with E-state index in [-0.39, 0.29) is 0 Å². The molecule has 0 amide bonds. The van der Waals surface area contributed by atoms with Gasteiger partial charge in [-0.2, -0.15) is 0 Å². The standard InChI is InChI=1S/C15H24N2/c1-2-17(11-13-6-3-4-7-13)12-14-8-5-9-15(16)10-14/h5,8-10,13H,2-4,6-7,11-12,16H2,1H3. The highest BCUT2D eigenvalue weighted by molar-refractivity contribution is 5.40. The molecular formula is C15H24N2. The van der Waals surface area contributed by atoms with Crippen LogP contribution in [0.5, 0.6) is 0 Å². The molecule has 0 spiro atoms. The lowest BCUT2D eigenvalue weighted by molar-refractivity contribution is 0.235. The molecule has 0 aliphatic heterocycles. The van der Waals surface area contributed by atoms with Crippen LogP contribution in [-0.2, 0) is 6.54 Å². The van der Waals surface area contributed by atoms with Gasteiger partial charge in [0.15, 0.2) is 0 Å². The third-order valence-electron chi connectivity index (χ3n) is 3.80. The van der Waals surface area contributed by atoms with Crippen LogP contribution in [0.15, 0.2) is 24.3 Å². The molecule has 0 radical (unpaired) electrons. The van der Waals surface area contributed by atoms with Gasteiger partial charge in [-0.25, -0.2) is 0 Å². The summed E-state index contributed by atoms with van der Waals surface area (Å²) in [7, 11) is 0. The molecule has 2 N–H and O–H groups in total. The van der Waals surface area contributed by atoms with Crippen LogP contribution in [0.4, 0.5) is 5.69 Å². The zero-order chi connectivity index (χ0) is 12.1. The highest BCUT2D eigenvalue weighted by Crippen LogP contribution is 2.26. The summed E-state index contributed by atoms with van der Waals surface area (Å²) < 4.78 is 0. The van der Waals surface area contributed by atoms with Crippen LogP contribution in [0, 0.1) is 5.92 Å². The first-order valence-electron chi connectivity index (χ1n) is 6.84. The van der Waals surface area contributed by atoms with Crippen molar-refractivity contribution < 1.29 is 0 Å². The van der Waals surface area contributed by atoms with E-state index in [4.69, 9.17) is 5.73 Å². The fourth-order valence-corrected chi connectivity index (χ4v) is 2.81. The van der Waals surface area contributed by atoms with Crippen LogP contribution in [-0.4, -0.2) is 18.0 Å². The van der Waals surface area contributed by atoms with E-state index in [1.807, 2.05) is 12.1 Å². The van der Waals surface area contributed by atoms with Gasteiger partial charge in [0.05, 0.1) is 0 Å². The molecule has 0 saturated heterocycles. The van der Waals surface area contributed by atoms with Gasteiger partial charge in [-0.15, -0.1) is 0 Å². The Kier molecular flexibility index (Phi) is 4.43. The summed E-state index contributed by atoms with van der Waals surface area (Å²) >= 11 is 0. The molecule has 2 heteroatoms. The Morgan fingerprint density at radius 3 is 2.71 bits per heavy atom. The maximum absolute atomic E-state index is 5.82. The molecule has 17 heavy (non-hydrogen) atoms. The Morgan fingerprint density at radius 2 is 2.06 bits per heavy atom. The number of anilines is 1. The van der Waals surface area contributed by atoms with E-state index >= 15 is 0 Å². The summed E-state index contributed by atoms with van der Waals surface area (Å²) in [5, 5.41) is 0. The van der Waals surface area contributed by atoms with Gasteiger partial charge in [0.25, 0.3) is 0 Å². The van der Waals surface area contributed by atoms with Crippen LogP contribution >= 0.6 is 0 Å². The molecular weight excluding hydrogens is 208 g/mol.